The first-order valence-corrected chi connectivity index (χ1v) is 17.7. The van der Waals surface area contributed by atoms with Gasteiger partial charge in [-0.2, -0.15) is 0 Å². The van der Waals surface area contributed by atoms with Gasteiger partial charge in [0.1, 0.15) is 5.78 Å². The van der Waals surface area contributed by atoms with E-state index < -0.39 is 7.92 Å². The number of benzene rings is 5. The highest BCUT2D eigenvalue weighted by Crippen LogP contribution is 2.68. The van der Waals surface area contributed by atoms with Crippen LogP contribution in [-0.4, -0.2) is 5.78 Å². The third-order valence-corrected chi connectivity index (χ3v) is 12.6. The average molecular weight is 609 g/mol. The van der Waals surface area contributed by atoms with Gasteiger partial charge in [0.2, 0.25) is 0 Å². The Morgan fingerprint density at radius 3 is 1.22 bits per heavy atom. The Morgan fingerprint density at radius 2 is 0.867 bits per heavy atom. The third-order valence-electron chi connectivity index (χ3n) is 9.30. The maximum Gasteiger partial charge on any atom is 0.134 e. The maximum atomic E-state index is 13.8. The lowest BCUT2D eigenvalue weighted by Crippen LogP contribution is -2.26. The molecule has 5 aromatic rings. The van der Waals surface area contributed by atoms with Gasteiger partial charge in [0, 0.05) is 24.2 Å². The van der Waals surface area contributed by atoms with E-state index in [9.17, 15) is 4.79 Å². The van der Waals surface area contributed by atoms with Crippen molar-refractivity contribution in [2.24, 2.45) is 0 Å². The molecule has 2 atom stereocenters. The van der Waals surface area contributed by atoms with Crippen molar-refractivity contribution < 1.29 is 4.79 Å². The molecule has 45 heavy (non-hydrogen) atoms. The molecule has 1 fully saturated rings. The number of ketones is 1. The van der Waals surface area contributed by atoms with Crippen molar-refractivity contribution in [2.45, 2.75) is 76.5 Å². The molecule has 0 saturated carbocycles. The topological polar surface area (TPSA) is 17.1 Å². The summed E-state index contributed by atoms with van der Waals surface area (Å²) in [7, 11) is -0.858. The van der Waals surface area contributed by atoms with Gasteiger partial charge >= 0.3 is 0 Å². The Kier molecular flexibility index (Phi) is 8.69. The Balaban J connectivity index is 1.61. The van der Waals surface area contributed by atoms with Crippen LogP contribution in [-0.2, 0) is 15.6 Å². The highest BCUT2D eigenvalue weighted by molar-refractivity contribution is 7.67. The second-order valence-corrected chi connectivity index (χ2v) is 17.1. The highest BCUT2D eigenvalue weighted by atomic mass is 31.1. The van der Waals surface area contributed by atoms with E-state index in [0.717, 1.165) is 0 Å². The number of rotatable bonds is 5. The van der Waals surface area contributed by atoms with Crippen molar-refractivity contribution in [3.63, 3.8) is 0 Å². The summed E-state index contributed by atoms with van der Waals surface area (Å²) in [6.07, 6.45) is 1.16. The molecule has 0 bridgehead atoms. The minimum absolute atomic E-state index is 0.0728. The van der Waals surface area contributed by atoms with E-state index in [4.69, 9.17) is 0 Å². The predicted octanol–water partition coefficient (Wildman–Crippen LogP) is 11.6. The van der Waals surface area contributed by atoms with Crippen molar-refractivity contribution >= 4 is 19.0 Å². The van der Waals surface area contributed by atoms with Crippen LogP contribution < -0.4 is 5.30 Å². The molecule has 6 rings (SSSR count). The van der Waals surface area contributed by atoms with Gasteiger partial charge in [0.05, 0.1) is 0 Å². The summed E-state index contributed by atoms with van der Waals surface area (Å²) < 4.78 is 0. The minimum Gasteiger partial charge on any atom is -0.300 e. The van der Waals surface area contributed by atoms with Crippen LogP contribution in [0.3, 0.4) is 0 Å². The summed E-state index contributed by atoms with van der Waals surface area (Å²) in [6, 6.07) is 46.9. The SMILES string of the molecule is CC(C)(C)c1ccc(C2CC(=O)CC(c3ccc(C(C)(C)C)cc3)P2c2c(-c3ccccc3)cccc2-c2ccccc2)cc1. The fourth-order valence-electron chi connectivity index (χ4n) is 6.73. The molecule has 0 aliphatic carbocycles. The minimum atomic E-state index is -0.858. The summed E-state index contributed by atoms with van der Waals surface area (Å²) in [5, 5.41) is 1.41. The number of carbonyl (C=O) groups is 1. The zero-order chi connectivity index (χ0) is 31.8. The first-order valence-electron chi connectivity index (χ1n) is 16.3. The van der Waals surface area contributed by atoms with E-state index in [1.807, 2.05) is 0 Å². The van der Waals surface area contributed by atoms with Crippen LogP contribution in [0.2, 0.25) is 0 Å². The second kappa shape index (κ2) is 12.5. The van der Waals surface area contributed by atoms with Gasteiger partial charge < -0.3 is 0 Å². The molecule has 0 N–H and O–H groups in total. The lowest BCUT2D eigenvalue weighted by molar-refractivity contribution is -0.119. The number of Topliss-reactive ketones (excluding diaryl/α,β-unsaturated/α-hetero) is 1. The Labute approximate surface area is 271 Å². The van der Waals surface area contributed by atoms with E-state index in [0.29, 0.717) is 18.6 Å². The number of hydrogen-bond donors (Lipinski definition) is 0. The molecule has 0 amide bonds. The summed E-state index contributed by atoms with van der Waals surface area (Å²) in [5.41, 5.74) is 10.6. The van der Waals surface area contributed by atoms with E-state index in [1.54, 1.807) is 0 Å². The van der Waals surface area contributed by atoms with Crippen LogP contribution in [0.1, 0.15) is 88.0 Å². The quantitative estimate of drug-likeness (QED) is 0.181. The molecule has 1 nitrogen and oxygen atoms in total. The van der Waals surface area contributed by atoms with Crippen LogP contribution in [0.4, 0.5) is 0 Å². The van der Waals surface area contributed by atoms with E-state index >= 15 is 0 Å². The Morgan fingerprint density at radius 1 is 0.489 bits per heavy atom. The molecule has 1 heterocycles. The van der Waals surface area contributed by atoms with E-state index in [1.165, 1.54) is 49.8 Å². The maximum absolute atomic E-state index is 13.8. The zero-order valence-corrected chi connectivity index (χ0v) is 28.4. The Bertz CT molecular complexity index is 1630. The molecule has 1 saturated heterocycles. The van der Waals surface area contributed by atoms with Crippen molar-refractivity contribution in [2.75, 3.05) is 0 Å². The lowest BCUT2D eigenvalue weighted by atomic mass is 9.86. The summed E-state index contributed by atoms with van der Waals surface area (Å²) in [6.45, 7) is 13.6. The van der Waals surface area contributed by atoms with Crippen molar-refractivity contribution in [1.82, 2.24) is 0 Å². The molecule has 0 aromatic heterocycles. The molecule has 228 valence electrons. The van der Waals surface area contributed by atoms with E-state index in [2.05, 4.69) is 169 Å². The molecule has 1 aliphatic rings. The van der Waals surface area contributed by atoms with Crippen molar-refractivity contribution in [3.05, 3.63) is 150 Å². The van der Waals surface area contributed by atoms with Crippen LogP contribution in [0, 0.1) is 0 Å². The monoisotopic (exact) mass is 608 g/mol. The zero-order valence-electron chi connectivity index (χ0n) is 27.5. The molecule has 2 unspecified atom stereocenters. The van der Waals surface area contributed by atoms with Gasteiger partial charge in [0.15, 0.2) is 0 Å². The molecule has 0 radical (unpaired) electrons. The Hall–Kier alpha value is -3.80. The standard InChI is InChI=1S/C43H45OP/c1-42(2,3)34-24-20-32(21-25-34)39-28-36(44)29-40(33-22-26-35(27-23-33)43(4,5)6)45(39)41-37(30-14-9-7-10-15-30)18-13-19-38(41)31-16-11-8-12-17-31/h7-27,39-40H,28-29H2,1-6H3. The first kappa shape index (κ1) is 31.2. The van der Waals surface area contributed by atoms with Gasteiger partial charge in [-0.05, 0) is 60.6 Å². The summed E-state index contributed by atoms with van der Waals surface area (Å²) in [4.78, 5) is 13.8. The fourth-order valence-corrected chi connectivity index (χ4v) is 10.5. The van der Waals surface area contributed by atoms with Crippen LogP contribution in [0.25, 0.3) is 22.3 Å². The molecule has 1 aliphatic heterocycles. The summed E-state index contributed by atoms with van der Waals surface area (Å²) >= 11 is 0. The van der Waals surface area contributed by atoms with Gasteiger partial charge in [-0.1, -0.05) is 177 Å². The van der Waals surface area contributed by atoms with Crippen LogP contribution in [0.15, 0.2) is 127 Å². The van der Waals surface area contributed by atoms with Crippen molar-refractivity contribution in [1.29, 1.82) is 0 Å². The van der Waals surface area contributed by atoms with Gasteiger partial charge in [-0.3, -0.25) is 4.79 Å². The largest absolute Gasteiger partial charge is 0.300 e. The van der Waals surface area contributed by atoms with Gasteiger partial charge in [0.25, 0.3) is 0 Å². The molecule has 5 aromatic carbocycles. The second-order valence-electron chi connectivity index (χ2n) is 14.6. The molecule has 0 spiro atoms. The normalized spacial score (nSPS) is 19.0. The fraction of sp³-hybridized carbons (Fsp3) is 0.279. The smallest absolute Gasteiger partial charge is 0.134 e. The van der Waals surface area contributed by atoms with E-state index in [-0.39, 0.29) is 22.1 Å². The molecular weight excluding hydrogens is 563 g/mol. The van der Waals surface area contributed by atoms with Gasteiger partial charge in [-0.15, -0.1) is 0 Å². The first-order chi connectivity index (χ1) is 21.5. The van der Waals surface area contributed by atoms with Crippen LogP contribution in [0.5, 0.6) is 0 Å². The number of hydrogen-bond acceptors (Lipinski definition) is 1. The average Bonchev–Trinajstić information content (AvgIpc) is 3.04. The summed E-state index contributed by atoms with van der Waals surface area (Å²) in [5.74, 6) is 0.363. The van der Waals surface area contributed by atoms with Crippen LogP contribution >= 0.6 is 7.92 Å². The molecule has 2 heteroatoms. The lowest BCUT2D eigenvalue weighted by Gasteiger charge is -2.41. The third kappa shape index (κ3) is 6.61. The molecular formula is C43H45OP. The van der Waals surface area contributed by atoms with Gasteiger partial charge in [-0.25, -0.2) is 0 Å². The number of carbonyl (C=O) groups excluding carboxylic acids is 1. The van der Waals surface area contributed by atoms with Crippen molar-refractivity contribution in [3.8, 4) is 22.3 Å². The highest BCUT2D eigenvalue weighted by Gasteiger charge is 2.41. The predicted molar refractivity (Wildman–Crippen MR) is 194 cm³/mol.